The summed E-state index contributed by atoms with van der Waals surface area (Å²) in [6, 6.07) is 41.8. The van der Waals surface area contributed by atoms with Crippen molar-refractivity contribution in [1.29, 1.82) is 5.26 Å². The quantitative estimate of drug-likeness (QED) is 0.138. The fourth-order valence-electron chi connectivity index (χ4n) is 6.59. The fraction of sp³-hybridized carbons (Fsp3) is 0.122. The van der Waals surface area contributed by atoms with Gasteiger partial charge in [0.2, 0.25) is 0 Å². The van der Waals surface area contributed by atoms with Crippen molar-refractivity contribution < 1.29 is 9.28 Å². The van der Waals surface area contributed by atoms with Crippen molar-refractivity contribution in [3.05, 3.63) is 151 Å². The molecule has 0 amide bonds. The molecule has 0 radical (unpaired) electrons. The molecule has 0 aliphatic heterocycles. The number of aromatic nitrogens is 3. The van der Waals surface area contributed by atoms with Gasteiger partial charge in [-0.3, -0.25) is 0 Å². The van der Waals surface area contributed by atoms with Gasteiger partial charge in [-0.15, -0.1) is 0 Å². The molecule has 0 bridgehead atoms. The van der Waals surface area contributed by atoms with Gasteiger partial charge in [-0.2, -0.15) is 5.26 Å². The molecule has 1 aliphatic rings. The van der Waals surface area contributed by atoms with Crippen LogP contribution in [-0.2, 0) is 0 Å². The summed E-state index contributed by atoms with van der Waals surface area (Å²) in [4.78, 5) is 27.5. The van der Waals surface area contributed by atoms with Gasteiger partial charge in [0.25, 0.3) is 0 Å². The standard InChI is InChI=1S/C41H34FN4OP/c1-48(47,36-13-4-2-5-14-36,37-15-6-3-7-16-37)38-17-9-11-33(27-38)32-10-8-12-34(26-32)41-45-39(30-20-18-29(28-43)19-21-30)44-40(46-41)31-22-24-35(42)25-23-31/h2,4-6,8-15,17-27,37,47H,3,7,16H2,1H3. The molecule has 236 valence electrons. The van der Waals surface area contributed by atoms with Crippen LogP contribution in [0.5, 0.6) is 0 Å². The van der Waals surface area contributed by atoms with Gasteiger partial charge in [-0.1, -0.05) is 0 Å². The van der Waals surface area contributed by atoms with Crippen LogP contribution in [0, 0.1) is 17.1 Å². The molecule has 0 saturated heterocycles. The Bertz CT molecular complexity index is 2170. The molecule has 1 atom stereocenters. The third-order valence-corrected chi connectivity index (χ3v) is 14.6. The third-order valence-electron chi connectivity index (χ3n) is 9.41. The van der Waals surface area contributed by atoms with E-state index >= 15 is 0 Å². The molecule has 7 rings (SSSR count). The van der Waals surface area contributed by atoms with Crippen LogP contribution >= 0.6 is 6.83 Å². The van der Waals surface area contributed by atoms with Crippen LogP contribution in [0.15, 0.2) is 140 Å². The van der Waals surface area contributed by atoms with Crippen LogP contribution in [0.4, 0.5) is 4.39 Å². The number of allylic oxidation sites excluding steroid dienone is 2. The average molecular weight is 649 g/mol. The first-order chi connectivity index (χ1) is 23.3. The SMILES string of the molecule is CP(O)(c1ccccc1)(c1cccc(-c2cccc(-c3nc(-c4ccc(F)cc4)nc(-c4ccc(C#N)cc4)n3)c2)c1)C1C=CCCC1. The number of nitriles is 1. The number of benzene rings is 5. The summed E-state index contributed by atoms with van der Waals surface area (Å²) in [6.07, 6.45) is 7.47. The molecule has 0 spiro atoms. The van der Waals surface area contributed by atoms with Gasteiger partial charge in [0.15, 0.2) is 0 Å². The Balaban J connectivity index is 1.34. The zero-order chi connectivity index (χ0) is 33.2. The van der Waals surface area contributed by atoms with E-state index in [-0.39, 0.29) is 11.5 Å². The van der Waals surface area contributed by atoms with E-state index in [0.717, 1.165) is 52.1 Å². The summed E-state index contributed by atoms with van der Waals surface area (Å²) in [5.74, 6) is 0.989. The van der Waals surface area contributed by atoms with E-state index in [0.29, 0.717) is 28.6 Å². The van der Waals surface area contributed by atoms with E-state index in [1.807, 2.05) is 48.5 Å². The molecule has 6 aromatic rings. The first kappa shape index (κ1) is 31.3. The molecule has 5 nitrogen and oxygen atoms in total. The van der Waals surface area contributed by atoms with Crippen molar-refractivity contribution in [2.24, 2.45) is 0 Å². The second-order valence-corrected chi connectivity index (χ2v) is 17.4. The Hall–Kier alpha value is -5.34. The van der Waals surface area contributed by atoms with E-state index in [1.165, 1.54) is 12.1 Å². The van der Waals surface area contributed by atoms with Crippen molar-refractivity contribution >= 4 is 17.4 Å². The predicted molar refractivity (Wildman–Crippen MR) is 194 cm³/mol. The molecule has 5 aromatic carbocycles. The molecule has 1 aliphatic carbocycles. The van der Waals surface area contributed by atoms with Crippen LogP contribution in [0.3, 0.4) is 0 Å². The van der Waals surface area contributed by atoms with Crippen LogP contribution in [-0.4, -0.2) is 32.2 Å². The molecule has 1 aromatic heterocycles. The first-order valence-corrected chi connectivity index (χ1v) is 18.7. The minimum absolute atomic E-state index is 0.0319. The molecular formula is C41H34FN4OP. The summed E-state index contributed by atoms with van der Waals surface area (Å²) in [5.41, 5.74) is 4.70. The second kappa shape index (κ2) is 12.7. The van der Waals surface area contributed by atoms with Crippen LogP contribution < -0.4 is 10.6 Å². The number of halogens is 1. The molecule has 7 heteroatoms. The molecule has 1 N–H and O–H groups in total. The normalized spacial score (nSPS) is 15.3. The zero-order valence-corrected chi connectivity index (χ0v) is 27.4. The minimum atomic E-state index is -3.62. The van der Waals surface area contributed by atoms with Crippen LogP contribution in [0.25, 0.3) is 45.3 Å². The van der Waals surface area contributed by atoms with E-state index in [1.54, 1.807) is 24.3 Å². The van der Waals surface area contributed by atoms with Crippen molar-refractivity contribution in [3.63, 3.8) is 0 Å². The van der Waals surface area contributed by atoms with E-state index in [4.69, 9.17) is 15.0 Å². The van der Waals surface area contributed by atoms with E-state index < -0.39 is 6.83 Å². The Morgan fingerprint density at radius 1 is 0.667 bits per heavy atom. The average Bonchev–Trinajstić information content (AvgIpc) is 3.16. The maximum absolute atomic E-state index is 13.8. The van der Waals surface area contributed by atoms with Gasteiger partial charge < -0.3 is 0 Å². The molecule has 1 heterocycles. The third kappa shape index (κ3) is 5.84. The Labute approximate surface area is 280 Å². The fourth-order valence-corrected chi connectivity index (χ4v) is 10.9. The monoisotopic (exact) mass is 648 g/mol. The van der Waals surface area contributed by atoms with Gasteiger partial charge in [0.05, 0.1) is 11.6 Å². The molecule has 1 unspecified atom stereocenters. The predicted octanol–water partition coefficient (Wildman–Crippen LogP) is 8.70. The Kier molecular flexibility index (Phi) is 8.27. The first-order valence-electron chi connectivity index (χ1n) is 16.0. The molecule has 0 saturated carbocycles. The second-order valence-electron chi connectivity index (χ2n) is 12.5. The van der Waals surface area contributed by atoms with Crippen molar-refractivity contribution in [2.45, 2.75) is 24.9 Å². The molecule has 48 heavy (non-hydrogen) atoms. The van der Waals surface area contributed by atoms with Crippen molar-refractivity contribution in [2.75, 3.05) is 6.66 Å². The van der Waals surface area contributed by atoms with Crippen molar-refractivity contribution in [3.8, 4) is 51.4 Å². The van der Waals surface area contributed by atoms with Gasteiger partial charge in [-0.25, -0.2) is 4.39 Å². The van der Waals surface area contributed by atoms with Crippen LogP contribution in [0.1, 0.15) is 24.8 Å². The number of nitrogens with zero attached hydrogens (tertiary/aromatic N) is 4. The number of hydrogen-bond donors (Lipinski definition) is 1. The summed E-state index contributed by atoms with van der Waals surface area (Å²) in [6.45, 7) is -1.54. The van der Waals surface area contributed by atoms with Gasteiger partial charge >= 0.3 is 254 Å². The van der Waals surface area contributed by atoms with E-state index in [2.05, 4.69) is 67.4 Å². The van der Waals surface area contributed by atoms with Gasteiger partial charge in [0.1, 0.15) is 5.82 Å². The molecule has 0 fully saturated rings. The molecular weight excluding hydrogens is 614 g/mol. The number of hydrogen-bond acceptors (Lipinski definition) is 5. The zero-order valence-electron chi connectivity index (χ0n) is 26.5. The topological polar surface area (TPSA) is 82.7 Å². The summed E-state index contributed by atoms with van der Waals surface area (Å²) in [5, 5.41) is 11.2. The maximum atomic E-state index is 13.8. The Morgan fingerprint density at radius 3 is 1.85 bits per heavy atom. The summed E-state index contributed by atoms with van der Waals surface area (Å²) in [7, 11) is 0. The number of rotatable bonds is 7. The van der Waals surface area contributed by atoms with E-state index in [9.17, 15) is 14.5 Å². The summed E-state index contributed by atoms with van der Waals surface area (Å²) < 4.78 is 13.8. The van der Waals surface area contributed by atoms with Gasteiger partial charge in [0, 0.05) is 0 Å². The van der Waals surface area contributed by atoms with Gasteiger partial charge in [-0.05, 0) is 0 Å². The van der Waals surface area contributed by atoms with Crippen LogP contribution in [0.2, 0.25) is 0 Å². The van der Waals surface area contributed by atoms with Crippen molar-refractivity contribution in [1.82, 2.24) is 15.0 Å². The summed E-state index contributed by atoms with van der Waals surface area (Å²) >= 11 is 0. The Morgan fingerprint density at radius 2 is 1.23 bits per heavy atom.